The van der Waals surface area contributed by atoms with Gasteiger partial charge in [0.2, 0.25) is 0 Å². The molecule has 6 heteroatoms. The first-order valence-electron chi connectivity index (χ1n) is 5.62. The highest BCUT2D eigenvalue weighted by Crippen LogP contribution is 2.18. The number of rotatable bonds is 7. The average Bonchev–Trinajstić information content (AvgIpc) is 2.29. The maximum Gasteiger partial charge on any atom is 0.191 e. The second kappa shape index (κ2) is 7.66. The van der Waals surface area contributed by atoms with Crippen LogP contribution >= 0.6 is 23.5 Å². The van der Waals surface area contributed by atoms with Gasteiger partial charge in [0.1, 0.15) is 11.6 Å². The molecule has 0 aromatic carbocycles. The van der Waals surface area contributed by atoms with Crippen molar-refractivity contribution < 1.29 is 0 Å². The number of hydrogen-bond donors (Lipinski definition) is 2. The van der Waals surface area contributed by atoms with Crippen LogP contribution in [0.4, 0.5) is 11.6 Å². The van der Waals surface area contributed by atoms with Gasteiger partial charge in [-0.25, -0.2) is 9.97 Å². The summed E-state index contributed by atoms with van der Waals surface area (Å²) < 4.78 is 0. The van der Waals surface area contributed by atoms with E-state index in [4.69, 9.17) is 0 Å². The zero-order valence-electron chi connectivity index (χ0n) is 10.8. The van der Waals surface area contributed by atoms with Crippen LogP contribution in [0.25, 0.3) is 0 Å². The largest absolute Gasteiger partial charge is 0.370 e. The smallest absolute Gasteiger partial charge is 0.191 e. The van der Waals surface area contributed by atoms with E-state index in [2.05, 4.69) is 40.7 Å². The van der Waals surface area contributed by atoms with Crippen LogP contribution in [0.1, 0.15) is 13.8 Å². The molecule has 0 saturated heterocycles. The van der Waals surface area contributed by atoms with E-state index < -0.39 is 0 Å². The van der Waals surface area contributed by atoms with E-state index in [1.807, 2.05) is 24.1 Å². The lowest BCUT2D eigenvalue weighted by Gasteiger charge is -2.14. The fraction of sp³-hybridized carbons (Fsp3) is 0.636. The third-order valence-corrected chi connectivity index (χ3v) is 3.44. The Balaban J connectivity index is 2.79. The van der Waals surface area contributed by atoms with Crippen LogP contribution in [0.15, 0.2) is 11.2 Å². The molecule has 0 aliphatic carbocycles. The van der Waals surface area contributed by atoms with E-state index in [9.17, 15) is 0 Å². The Morgan fingerprint density at radius 2 is 2.00 bits per heavy atom. The van der Waals surface area contributed by atoms with Crippen molar-refractivity contribution in [2.45, 2.75) is 25.0 Å². The SMILES string of the molecule is CCNc1cc(NC(C)CSC)nc(SC)n1. The molecule has 0 fully saturated rings. The molecule has 0 radical (unpaired) electrons. The monoisotopic (exact) mass is 272 g/mol. The molecule has 1 rings (SSSR count). The summed E-state index contributed by atoms with van der Waals surface area (Å²) in [6.07, 6.45) is 4.09. The summed E-state index contributed by atoms with van der Waals surface area (Å²) in [6, 6.07) is 2.36. The van der Waals surface area contributed by atoms with Gasteiger partial charge >= 0.3 is 0 Å². The van der Waals surface area contributed by atoms with Crippen LogP contribution in [0.3, 0.4) is 0 Å². The Labute approximate surface area is 112 Å². The van der Waals surface area contributed by atoms with Gasteiger partial charge in [-0.15, -0.1) is 0 Å². The molecule has 4 nitrogen and oxygen atoms in total. The number of thioether (sulfide) groups is 2. The van der Waals surface area contributed by atoms with Crippen molar-refractivity contribution >= 4 is 35.2 Å². The first-order valence-corrected chi connectivity index (χ1v) is 8.23. The lowest BCUT2D eigenvalue weighted by Crippen LogP contribution is -2.19. The molecule has 1 aromatic rings. The molecular formula is C11H20N4S2. The summed E-state index contributed by atoms with van der Waals surface area (Å²) in [5.41, 5.74) is 0. The van der Waals surface area contributed by atoms with Crippen molar-refractivity contribution in [2.24, 2.45) is 0 Å². The Bertz CT molecular complexity index is 346. The number of hydrogen-bond acceptors (Lipinski definition) is 6. The van der Waals surface area contributed by atoms with Crippen molar-refractivity contribution in [3.63, 3.8) is 0 Å². The fourth-order valence-electron chi connectivity index (χ4n) is 1.41. The molecule has 17 heavy (non-hydrogen) atoms. The minimum atomic E-state index is 0.407. The van der Waals surface area contributed by atoms with Gasteiger partial charge in [-0.2, -0.15) is 11.8 Å². The zero-order valence-corrected chi connectivity index (χ0v) is 12.4. The van der Waals surface area contributed by atoms with Crippen LogP contribution in [-0.4, -0.2) is 40.8 Å². The minimum Gasteiger partial charge on any atom is -0.370 e. The van der Waals surface area contributed by atoms with Gasteiger partial charge in [0, 0.05) is 24.4 Å². The lowest BCUT2D eigenvalue weighted by atomic mass is 10.4. The Morgan fingerprint density at radius 3 is 2.59 bits per heavy atom. The molecule has 96 valence electrons. The standard InChI is InChI=1S/C11H20N4S2/c1-5-12-9-6-10(13-8(2)7-16-3)15-11(14-9)17-4/h6,8H,5,7H2,1-4H3,(H2,12,13,14,15). The third kappa shape index (κ3) is 5.04. The quantitative estimate of drug-likeness (QED) is 0.588. The number of nitrogens with zero attached hydrogens (tertiary/aromatic N) is 2. The topological polar surface area (TPSA) is 49.8 Å². The normalized spacial score (nSPS) is 12.2. The molecular weight excluding hydrogens is 252 g/mol. The lowest BCUT2D eigenvalue weighted by molar-refractivity contribution is 0.877. The number of aromatic nitrogens is 2. The number of nitrogens with one attached hydrogen (secondary N) is 2. The molecule has 1 aromatic heterocycles. The first-order chi connectivity index (χ1) is 8.19. The van der Waals surface area contributed by atoms with Gasteiger partial charge in [0.25, 0.3) is 0 Å². The maximum absolute atomic E-state index is 4.45. The highest BCUT2D eigenvalue weighted by Gasteiger charge is 2.06. The second-order valence-corrected chi connectivity index (χ2v) is 5.34. The van der Waals surface area contributed by atoms with E-state index in [0.717, 1.165) is 29.1 Å². The van der Waals surface area contributed by atoms with Gasteiger partial charge in [-0.3, -0.25) is 0 Å². The summed E-state index contributed by atoms with van der Waals surface area (Å²) in [5, 5.41) is 7.40. The van der Waals surface area contributed by atoms with Crippen molar-refractivity contribution in [1.82, 2.24) is 9.97 Å². The predicted octanol–water partition coefficient (Wildman–Crippen LogP) is 2.79. The highest BCUT2D eigenvalue weighted by atomic mass is 32.2. The molecule has 1 unspecified atom stereocenters. The van der Waals surface area contributed by atoms with Gasteiger partial charge in [0.15, 0.2) is 5.16 Å². The van der Waals surface area contributed by atoms with Crippen molar-refractivity contribution in [3.05, 3.63) is 6.07 Å². The van der Waals surface area contributed by atoms with E-state index in [0.29, 0.717) is 6.04 Å². The van der Waals surface area contributed by atoms with E-state index in [1.54, 1.807) is 11.8 Å². The molecule has 2 N–H and O–H groups in total. The summed E-state index contributed by atoms with van der Waals surface area (Å²) >= 11 is 3.38. The molecule has 0 saturated carbocycles. The van der Waals surface area contributed by atoms with E-state index in [-0.39, 0.29) is 0 Å². The van der Waals surface area contributed by atoms with Crippen molar-refractivity contribution in [2.75, 3.05) is 35.4 Å². The van der Waals surface area contributed by atoms with E-state index >= 15 is 0 Å². The summed E-state index contributed by atoms with van der Waals surface area (Å²) in [7, 11) is 0. The maximum atomic E-state index is 4.45. The molecule has 1 heterocycles. The van der Waals surface area contributed by atoms with E-state index in [1.165, 1.54) is 0 Å². The van der Waals surface area contributed by atoms with Crippen LogP contribution in [0.5, 0.6) is 0 Å². The number of anilines is 2. The molecule has 1 atom stereocenters. The second-order valence-electron chi connectivity index (χ2n) is 3.66. The summed E-state index contributed by atoms with van der Waals surface area (Å²) in [6.45, 7) is 5.08. The Morgan fingerprint density at radius 1 is 1.29 bits per heavy atom. The van der Waals surface area contributed by atoms with Gasteiger partial charge in [-0.05, 0) is 26.4 Å². The Hall–Kier alpha value is -0.620. The molecule has 0 aliphatic heterocycles. The Kier molecular flexibility index (Phi) is 6.50. The van der Waals surface area contributed by atoms with Gasteiger partial charge < -0.3 is 10.6 Å². The highest BCUT2D eigenvalue weighted by molar-refractivity contribution is 7.98. The summed E-state index contributed by atoms with van der Waals surface area (Å²) in [5.74, 6) is 2.84. The molecule has 0 bridgehead atoms. The molecule has 0 spiro atoms. The fourth-order valence-corrected chi connectivity index (χ4v) is 2.37. The van der Waals surface area contributed by atoms with Crippen LogP contribution in [0.2, 0.25) is 0 Å². The van der Waals surface area contributed by atoms with Gasteiger partial charge in [-0.1, -0.05) is 11.8 Å². The van der Waals surface area contributed by atoms with Crippen molar-refractivity contribution in [1.29, 1.82) is 0 Å². The minimum absolute atomic E-state index is 0.407. The third-order valence-electron chi connectivity index (χ3n) is 2.06. The molecule has 0 amide bonds. The average molecular weight is 272 g/mol. The predicted molar refractivity (Wildman–Crippen MR) is 79.4 cm³/mol. The molecule has 0 aliphatic rings. The first kappa shape index (κ1) is 14.4. The summed E-state index contributed by atoms with van der Waals surface area (Å²) in [4.78, 5) is 8.84. The van der Waals surface area contributed by atoms with Crippen LogP contribution < -0.4 is 10.6 Å². The van der Waals surface area contributed by atoms with Crippen LogP contribution in [-0.2, 0) is 0 Å². The van der Waals surface area contributed by atoms with Crippen LogP contribution in [0, 0.1) is 0 Å². The van der Waals surface area contributed by atoms with Crippen molar-refractivity contribution in [3.8, 4) is 0 Å². The zero-order chi connectivity index (χ0) is 12.7. The van der Waals surface area contributed by atoms with Gasteiger partial charge in [0.05, 0.1) is 0 Å².